The maximum absolute atomic E-state index is 13.6. The van der Waals surface area contributed by atoms with Crippen LogP contribution in [-0.4, -0.2) is 19.1 Å². The van der Waals surface area contributed by atoms with E-state index in [1.807, 2.05) is 6.07 Å². The minimum absolute atomic E-state index is 0.132. The number of hydrogen-bond acceptors (Lipinski definition) is 2. The maximum Gasteiger partial charge on any atom is 0.123 e. The summed E-state index contributed by atoms with van der Waals surface area (Å²) in [6.45, 7) is 6.27. The first kappa shape index (κ1) is 12.9. The van der Waals surface area contributed by atoms with Gasteiger partial charge in [0.1, 0.15) is 5.82 Å². The maximum atomic E-state index is 13.6. The summed E-state index contributed by atoms with van der Waals surface area (Å²) in [5.41, 5.74) is 2.34. The highest BCUT2D eigenvalue weighted by atomic mass is 19.1. The number of nitrogens with one attached hydrogen (secondary N) is 1. The Morgan fingerprint density at radius 1 is 1.42 bits per heavy atom. The molecule has 1 aliphatic carbocycles. The smallest absolute Gasteiger partial charge is 0.123 e. The van der Waals surface area contributed by atoms with Gasteiger partial charge in [0.2, 0.25) is 0 Å². The molecule has 1 saturated heterocycles. The topological polar surface area (TPSA) is 15.3 Å². The zero-order valence-corrected chi connectivity index (χ0v) is 11.8. The van der Waals surface area contributed by atoms with Crippen LogP contribution in [0.15, 0.2) is 18.2 Å². The quantitative estimate of drug-likeness (QED) is 0.893. The normalized spacial score (nSPS) is 27.0. The van der Waals surface area contributed by atoms with Gasteiger partial charge in [0.15, 0.2) is 0 Å². The fourth-order valence-electron chi connectivity index (χ4n) is 3.77. The molecule has 1 aliphatic heterocycles. The zero-order valence-electron chi connectivity index (χ0n) is 11.8. The van der Waals surface area contributed by atoms with Gasteiger partial charge in [-0.25, -0.2) is 4.39 Å². The summed E-state index contributed by atoms with van der Waals surface area (Å²) in [7, 11) is 0. The van der Waals surface area contributed by atoms with E-state index in [4.69, 9.17) is 0 Å². The molecule has 1 N–H and O–H groups in total. The number of benzene rings is 1. The molecule has 104 valence electrons. The van der Waals surface area contributed by atoms with Crippen molar-refractivity contribution in [1.82, 2.24) is 5.32 Å². The molecule has 3 heteroatoms. The van der Waals surface area contributed by atoms with Gasteiger partial charge in [-0.15, -0.1) is 0 Å². The number of nitrogens with zero attached hydrogens (tertiary/aromatic N) is 1. The Balaban J connectivity index is 1.92. The second kappa shape index (κ2) is 5.12. The second-order valence-corrected chi connectivity index (χ2v) is 5.97. The van der Waals surface area contributed by atoms with Crippen molar-refractivity contribution in [2.45, 2.75) is 45.2 Å². The van der Waals surface area contributed by atoms with Gasteiger partial charge >= 0.3 is 0 Å². The van der Waals surface area contributed by atoms with Crippen LogP contribution < -0.4 is 10.2 Å². The van der Waals surface area contributed by atoms with Gasteiger partial charge in [0, 0.05) is 24.3 Å². The van der Waals surface area contributed by atoms with E-state index in [2.05, 4.69) is 24.1 Å². The lowest BCUT2D eigenvalue weighted by molar-refractivity contribution is 0.543. The van der Waals surface area contributed by atoms with E-state index in [1.54, 1.807) is 12.1 Å². The van der Waals surface area contributed by atoms with Crippen molar-refractivity contribution in [2.24, 2.45) is 5.92 Å². The average Bonchev–Trinajstić information content (AvgIpc) is 3.01. The highest BCUT2D eigenvalue weighted by molar-refractivity contribution is 5.57. The van der Waals surface area contributed by atoms with E-state index in [0.717, 1.165) is 24.6 Å². The third-order valence-electron chi connectivity index (χ3n) is 4.69. The molecule has 2 nitrogen and oxygen atoms in total. The highest BCUT2D eigenvalue weighted by Gasteiger charge is 2.38. The molecule has 3 unspecified atom stereocenters. The Kier molecular flexibility index (Phi) is 3.48. The van der Waals surface area contributed by atoms with Crippen LogP contribution in [0.3, 0.4) is 0 Å². The van der Waals surface area contributed by atoms with Crippen LogP contribution in [0.1, 0.15) is 44.7 Å². The zero-order chi connectivity index (χ0) is 13.4. The average molecular weight is 262 g/mol. The molecule has 2 bridgehead atoms. The first-order valence-corrected chi connectivity index (χ1v) is 7.48. The lowest BCUT2D eigenvalue weighted by Gasteiger charge is -2.32. The van der Waals surface area contributed by atoms with Crippen LogP contribution in [0, 0.1) is 11.7 Å². The van der Waals surface area contributed by atoms with Gasteiger partial charge in [-0.1, -0.05) is 6.92 Å². The number of anilines is 1. The summed E-state index contributed by atoms with van der Waals surface area (Å²) in [6.07, 6.45) is 4.00. The minimum Gasteiger partial charge on any atom is -0.368 e. The van der Waals surface area contributed by atoms with Crippen LogP contribution in [-0.2, 0) is 0 Å². The Hall–Kier alpha value is -1.09. The van der Waals surface area contributed by atoms with Crippen molar-refractivity contribution in [1.29, 1.82) is 0 Å². The molecule has 1 heterocycles. The Morgan fingerprint density at radius 2 is 2.26 bits per heavy atom. The van der Waals surface area contributed by atoms with Crippen molar-refractivity contribution < 1.29 is 4.39 Å². The van der Waals surface area contributed by atoms with Crippen LogP contribution in [0.4, 0.5) is 10.1 Å². The number of halogens is 1. The first-order valence-electron chi connectivity index (χ1n) is 7.48. The molecule has 0 aromatic heterocycles. The van der Waals surface area contributed by atoms with Gasteiger partial charge < -0.3 is 10.2 Å². The van der Waals surface area contributed by atoms with Crippen LogP contribution >= 0.6 is 0 Å². The van der Waals surface area contributed by atoms with Crippen molar-refractivity contribution >= 4 is 5.69 Å². The van der Waals surface area contributed by atoms with E-state index < -0.39 is 0 Å². The van der Waals surface area contributed by atoms with Crippen molar-refractivity contribution in [2.75, 3.05) is 18.0 Å². The molecule has 0 amide bonds. The molecule has 2 fully saturated rings. The lowest BCUT2D eigenvalue weighted by Crippen LogP contribution is -2.33. The fourth-order valence-corrected chi connectivity index (χ4v) is 3.77. The molecule has 1 aromatic carbocycles. The molecule has 3 rings (SSSR count). The van der Waals surface area contributed by atoms with Crippen molar-refractivity contribution in [3.05, 3.63) is 29.6 Å². The Morgan fingerprint density at radius 3 is 2.89 bits per heavy atom. The number of hydrogen-bond donors (Lipinski definition) is 1. The summed E-state index contributed by atoms with van der Waals surface area (Å²) in [5.74, 6) is 0.727. The third kappa shape index (κ3) is 2.36. The summed E-state index contributed by atoms with van der Waals surface area (Å²) >= 11 is 0. The SMILES string of the molecule is CCNC(C)c1cc(F)ccc1N1CC2CCC1C2. The summed E-state index contributed by atoms with van der Waals surface area (Å²) < 4.78 is 13.6. The lowest BCUT2D eigenvalue weighted by atomic mass is 10.0. The molecule has 19 heavy (non-hydrogen) atoms. The van der Waals surface area contributed by atoms with E-state index in [-0.39, 0.29) is 11.9 Å². The van der Waals surface area contributed by atoms with Gasteiger partial charge in [-0.2, -0.15) is 0 Å². The Bertz CT molecular complexity index is 460. The largest absolute Gasteiger partial charge is 0.368 e. The molecule has 3 atom stereocenters. The molecule has 0 radical (unpaired) electrons. The minimum atomic E-state index is -0.132. The molecular weight excluding hydrogens is 239 g/mol. The van der Waals surface area contributed by atoms with Crippen molar-refractivity contribution in [3.8, 4) is 0 Å². The second-order valence-electron chi connectivity index (χ2n) is 5.97. The van der Waals surface area contributed by atoms with Gasteiger partial charge in [-0.3, -0.25) is 0 Å². The van der Waals surface area contributed by atoms with Crippen LogP contribution in [0.25, 0.3) is 0 Å². The van der Waals surface area contributed by atoms with Crippen molar-refractivity contribution in [3.63, 3.8) is 0 Å². The van der Waals surface area contributed by atoms with E-state index in [1.165, 1.54) is 24.9 Å². The predicted octanol–water partition coefficient (Wildman–Crippen LogP) is 3.48. The van der Waals surface area contributed by atoms with Gasteiger partial charge in [-0.05, 0) is 62.4 Å². The molecule has 2 aliphatic rings. The number of rotatable bonds is 4. The molecular formula is C16H23FN2. The molecule has 1 saturated carbocycles. The standard InChI is InChI=1S/C16H23FN2/c1-3-18-11(2)15-9-13(17)5-7-16(15)19-10-12-4-6-14(19)8-12/h5,7,9,11-12,14,18H,3-4,6,8,10H2,1-2H3. The van der Waals surface area contributed by atoms with E-state index in [0.29, 0.717) is 6.04 Å². The van der Waals surface area contributed by atoms with Crippen LogP contribution in [0.2, 0.25) is 0 Å². The van der Waals surface area contributed by atoms with E-state index >= 15 is 0 Å². The van der Waals surface area contributed by atoms with Gasteiger partial charge in [0.25, 0.3) is 0 Å². The summed E-state index contributed by atoms with van der Waals surface area (Å²) in [4.78, 5) is 2.51. The Labute approximate surface area is 115 Å². The first-order chi connectivity index (χ1) is 9.19. The molecule has 1 aromatic rings. The van der Waals surface area contributed by atoms with Gasteiger partial charge in [0.05, 0.1) is 0 Å². The highest BCUT2D eigenvalue weighted by Crippen LogP contribution is 2.42. The third-order valence-corrected chi connectivity index (χ3v) is 4.69. The fraction of sp³-hybridized carbons (Fsp3) is 0.625. The summed E-state index contributed by atoms with van der Waals surface area (Å²) in [5, 5.41) is 3.40. The monoisotopic (exact) mass is 262 g/mol. The van der Waals surface area contributed by atoms with E-state index in [9.17, 15) is 4.39 Å². The summed E-state index contributed by atoms with van der Waals surface area (Å²) in [6, 6.07) is 6.16. The number of piperidine rings is 1. The predicted molar refractivity (Wildman–Crippen MR) is 77.0 cm³/mol. The number of fused-ring (bicyclic) bond motifs is 2. The van der Waals surface area contributed by atoms with Crippen LogP contribution in [0.5, 0.6) is 0 Å². The molecule has 0 spiro atoms.